The summed E-state index contributed by atoms with van der Waals surface area (Å²) in [5, 5.41) is 3.07. The topological polar surface area (TPSA) is 74.7 Å². The summed E-state index contributed by atoms with van der Waals surface area (Å²) < 4.78 is 1.94. The number of nitrogens with one attached hydrogen (secondary N) is 1. The zero-order valence-electron chi connectivity index (χ0n) is 20.3. The minimum Gasteiger partial charge on any atom is -0.349 e. The van der Waals surface area contributed by atoms with Gasteiger partial charge in [0, 0.05) is 57.2 Å². The van der Waals surface area contributed by atoms with Gasteiger partial charge in [0.1, 0.15) is 11.1 Å². The van der Waals surface area contributed by atoms with Crippen molar-refractivity contribution in [3.05, 3.63) is 69.6 Å². The Morgan fingerprint density at radius 1 is 1.00 bits per heavy atom. The molecule has 2 amide bonds. The number of likely N-dealkylation sites (tertiary alicyclic amines) is 1. The molecule has 1 aliphatic heterocycles. The lowest BCUT2D eigenvalue weighted by molar-refractivity contribution is 0.0770. The van der Waals surface area contributed by atoms with Crippen LogP contribution in [0.1, 0.15) is 78.3 Å². The smallest absolute Gasteiger partial charge is 0.259 e. The van der Waals surface area contributed by atoms with Gasteiger partial charge >= 0.3 is 0 Å². The van der Waals surface area contributed by atoms with Gasteiger partial charge in [0.2, 0.25) is 5.43 Å². The normalized spacial score (nSPS) is 18.8. The lowest BCUT2D eigenvalue weighted by Crippen LogP contribution is -2.41. The molecule has 4 rings (SSSR count). The van der Waals surface area contributed by atoms with Crippen molar-refractivity contribution in [2.45, 2.75) is 64.6 Å². The Morgan fingerprint density at radius 3 is 2.35 bits per heavy atom. The minimum atomic E-state index is -0.470. The van der Waals surface area contributed by atoms with Gasteiger partial charge in [0.05, 0.1) is 0 Å². The number of carbonyl (C=O) groups excluding carboxylic acids is 2. The fourth-order valence-electron chi connectivity index (χ4n) is 5.21. The Labute approximate surface area is 201 Å². The molecule has 7 nitrogen and oxygen atoms in total. The van der Waals surface area contributed by atoms with E-state index in [1.165, 1.54) is 5.56 Å². The second-order valence-corrected chi connectivity index (χ2v) is 9.46. The van der Waals surface area contributed by atoms with Gasteiger partial charge in [0.25, 0.3) is 11.8 Å². The van der Waals surface area contributed by atoms with E-state index in [1.807, 2.05) is 36.6 Å². The number of hydrogen-bond donors (Lipinski definition) is 1. The number of aromatic nitrogens is 1. The van der Waals surface area contributed by atoms with Crippen LogP contribution >= 0.6 is 0 Å². The van der Waals surface area contributed by atoms with Crippen LogP contribution in [-0.2, 0) is 6.54 Å². The number of nitrogens with zero attached hydrogens (tertiary/aromatic N) is 3. The Morgan fingerprint density at radius 2 is 1.68 bits per heavy atom. The van der Waals surface area contributed by atoms with E-state index in [0.29, 0.717) is 13.1 Å². The summed E-state index contributed by atoms with van der Waals surface area (Å²) in [4.78, 5) is 43.6. The van der Waals surface area contributed by atoms with Crippen molar-refractivity contribution in [2.24, 2.45) is 0 Å². The van der Waals surface area contributed by atoms with Crippen molar-refractivity contribution in [3.8, 4) is 0 Å². The van der Waals surface area contributed by atoms with Crippen LogP contribution in [0.2, 0.25) is 0 Å². The molecular weight excluding hydrogens is 428 g/mol. The molecule has 1 unspecified atom stereocenters. The van der Waals surface area contributed by atoms with Crippen molar-refractivity contribution in [1.82, 2.24) is 19.7 Å². The summed E-state index contributed by atoms with van der Waals surface area (Å²) in [7, 11) is 0. The van der Waals surface area contributed by atoms with E-state index in [-0.39, 0.29) is 35.0 Å². The Kier molecular flexibility index (Phi) is 7.83. The van der Waals surface area contributed by atoms with Gasteiger partial charge in [-0.3, -0.25) is 19.3 Å². The Bertz CT molecular complexity index is 1060. The fourth-order valence-corrected chi connectivity index (χ4v) is 5.21. The van der Waals surface area contributed by atoms with Crippen molar-refractivity contribution in [2.75, 3.05) is 26.2 Å². The van der Waals surface area contributed by atoms with E-state index in [0.717, 1.165) is 51.7 Å². The molecule has 0 bridgehead atoms. The number of benzene rings is 1. The Balaban J connectivity index is 1.53. The summed E-state index contributed by atoms with van der Waals surface area (Å²) in [5.74, 6) is -0.677. The summed E-state index contributed by atoms with van der Waals surface area (Å²) in [6.07, 6.45) is 8.43. The molecule has 1 atom stereocenters. The number of amides is 2. The highest BCUT2D eigenvalue weighted by Crippen LogP contribution is 2.29. The predicted octanol–water partition coefficient (Wildman–Crippen LogP) is 3.45. The second kappa shape index (κ2) is 11.0. The summed E-state index contributed by atoms with van der Waals surface area (Å²) in [5.41, 5.74) is 0.950. The summed E-state index contributed by atoms with van der Waals surface area (Å²) in [6, 6.07) is 10.5. The van der Waals surface area contributed by atoms with Crippen LogP contribution in [-0.4, -0.2) is 58.4 Å². The van der Waals surface area contributed by atoms with Crippen molar-refractivity contribution in [1.29, 1.82) is 0 Å². The van der Waals surface area contributed by atoms with Crippen molar-refractivity contribution in [3.63, 3.8) is 0 Å². The molecule has 1 N–H and O–H groups in total. The molecule has 1 saturated heterocycles. The van der Waals surface area contributed by atoms with Gasteiger partial charge in [-0.15, -0.1) is 0 Å². The van der Waals surface area contributed by atoms with E-state index < -0.39 is 5.43 Å². The first-order valence-corrected chi connectivity index (χ1v) is 12.6. The van der Waals surface area contributed by atoms with Crippen molar-refractivity contribution >= 4 is 11.8 Å². The third kappa shape index (κ3) is 5.41. The highest BCUT2D eigenvalue weighted by atomic mass is 16.2. The molecule has 2 heterocycles. The fraction of sp³-hybridized carbons (Fsp3) is 0.519. The molecule has 1 aromatic heterocycles. The number of rotatable bonds is 8. The van der Waals surface area contributed by atoms with Crippen molar-refractivity contribution < 1.29 is 9.59 Å². The van der Waals surface area contributed by atoms with Crippen LogP contribution in [0.4, 0.5) is 0 Å². The highest BCUT2D eigenvalue weighted by molar-refractivity contribution is 5.99. The molecule has 34 heavy (non-hydrogen) atoms. The van der Waals surface area contributed by atoms with Gasteiger partial charge < -0.3 is 14.8 Å². The maximum absolute atomic E-state index is 13.3. The van der Waals surface area contributed by atoms with E-state index in [2.05, 4.69) is 22.3 Å². The average Bonchev–Trinajstić information content (AvgIpc) is 3.53. The van der Waals surface area contributed by atoms with E-state index >= 15 is 0 Å². The standard InChI is InChI=1S/C27H36N4O3/c1-3-30(4-2)27(34)24-19-31(22-12-8-9-13-22)18-23(25(24)32)26(33)28-21-14-15-29(17-21)16-20-10-6-5-7-11-20/h5-7,10-11,18-19,21-22H,3-4,8-9,12-17H2,1-2H3,(H,28,33). The third-order valence-electron chi connectivity index (χ3n) is 7.17. The largest absolute Gasteiger partial charge is 0.349 e. The SMILES string of the molecule is CCN(CC)C(=O)c1cn(C2CCCC2)cc(C(=O)NC2CCN(Cc3ccccc3)C2)c1=O. The predicted molar refractivity (Wildman–Crippen MR) is 133 cm³/mol. The number of carbonyl (C=O) groups is 2. The molecule has 1 aliphatic carbocycles. The summed E-state index contributed by atoms with van der Waals surface area (Å²) >= 11 is 0. The number of hydrogen-bond acceptors (Lipinski definition) is 4. The van der Waals surface area contributed by atoms with Crippen LogP contribution in [0.5, 0.6) is 0 Å². The molecule has 0 spiro atoms. The van der Waals surface area contributed by atoms with Crippen LogP contribution in [0.3, 0.4) is 0 Å². The third-order valence-corrected chi connectivity index (χ3v) is 7.17. The molecule has 1 aromatic carbocycles. The molecular formula is C27H36N4O3. The molecule has 182 valence electrons. The lowest BCUT2D eigenvalue weighted by Gasteiger charge is -2.22. The molecule has 0 radical (unpaired) electrons. The lowest BCUT2D eigenvalue weighted by atomic mass is 10.1. The number of pyridine rings is 1. The summed E-state index contributed by atoms with van der Waals surface area (Å²) in [6.45, 7) is 7.32. The van der Waals surface area contributed by atoms with E-state index in [1.54, 1.807) is 17.3 Å². The van der Waals surface area contributed by atoms with E-state index in [9.17, 15) is 14.4 Å². The van der Waals surface area contributed by atoms with Crippen LogP contribution < -0.4 is 10.7 Å². The van der Waals surface area contributed by atoms with Gasteiger partial charge in [-0.2, -0.15) is 0 Å². The molecule has 2 fully saturated rings. The first kappa shape index (κ1) is 24.2. The van der Waals surface area contributed by atoms with E-state index in [4.69, 9.17) is 0 Å². The zero-order valence-corrected chi connectivity index (χ0v) is 20.3. The quantitative estimate of drug-likeness (QED) is 0.649. The molecule has 2 aliphatic rings. The van der Waals surface area contributed by atoms with Crippen LogP contribution in [0, 0.1) is 0 Å². The maximum atomic E-state index is 13.3. The molecule has 1 saturated carbocycles. The maximum Gasteiger partial charge on any atom is 0.259 e. The van der Waals surface area contributed by atoms with Gasteiger partial charge in [-0.1, -0.05) is 43.2 Å². The second-order valence-electron chi connectivity index (χ2n) is 9.46. The van der Waals surface area contributed by atoms with Gasteiger partial charge in [-0.25, -0.2) is 0 Å². The first-order valence-electron chi connectivity index (χ1n) is 12.6. The van der Waals surface area contributed by atoms with Gasteiger partial charge in [0.15, 0.2) is 0 Å². The highest BCUT2D eigenvalue weighted by Gasteiger charge is 2.28. The van der Waals surface area contributed by atoms with Crippen LogP contribution in [0.15, 0.2) is 47.5 Å². The molecule has 7 heteroatoms. The van der Waals surface area contributed by atoms with Gasteiger partial charge in [-0.05, 0) is 38.7 Å². The average molecular weight is 465 g/mol. The first-order chi connectivity index (χ1) is 16.5. The molecule has 2 aromatic rings. The zero-order chi connectivity index (χ0) is 24.1. The minimum absolute atomic E-state index is 0.0160. The Hall–Kier alpha value is -2.93. The monoisotopic (exact) mass is 464 g/mol. The van der Waals surface area contributed by atoms with Crippen LogP contribution in [0.25, 0.3) is 0 Å².